The van der Waals surface area contributed by atoms with E-state index in [1.54, 1.807) is 0 Å². The summed E-state index contributed by atoms with van der Waals surface area (Å²) in [5.41, 5.74) is 0. The molecule has 2 heteroatoms. The first-order valence-electron chi connectivity index (χ1n) is 2.85. The van der Waals surface area contributed by atoms with Crippen LogP contribution in [0.4, 0.5) is 0 Å². The van der Waals surface area contributed by atoms with Crippen molar-refractivity contribution < 1.29 is 9.90 Å². The summed E-state index contributed by atoms with van der Waals surface area (Å²) in [6.07, 6.45) is 2.44. The molecule has 0 aromatic rings. The van der Waals surface area contributed by atoms with Gasteiger partial charge in [-0.05, 0) is 12.8 Å². The number of carbonyl (C=O) groups is 1. The van der Waals surface area contributed by atoms with Crippen molar-refractivity contribution in [2.45, 2.75) is 19.3 Å². The summed E-state index contributed by atoms with van der Waals surface area (Å²) in [5.74, 6) is 0.0440. The van der Waals surface area contributed by atoms with E-state index in [0.29, 0.717) is 6.42 Å². The molecule has 1 radical (unpaired) electrons. The van der Waals surface area contributed by atoms with Gasteiger partial charge in [-0.15, -0.1) is 0 Å². The molecule has 1 rings (SSSR count). The van der Waals surface area contributed by atoms with Crippen LogP contribution in [0.25, 0.3) is 0 Å². The van der Waals surface area contributed by atoms with Crippen LogP contribution in [0.3, 0.4) is 0 Å². The Morgan fingerprint density at radius 1 is 1.75 bits per heavy atom. The lowest BCUT2D eigenvalue weighted by atomic mass is 10.1. The average molecular weight is 113 g/mol. The summed E-state index contributed by atoms with van der Waals surface area (Å²) in [6, 6.07) is 0. The second-order valence-electron chi connectivity index (χ2n) is 2.11. The fourth-order valence-electron chi connectivity index (χ4n) is 1.00. The predicted octanol–water partition coefficient (Wildman–Crippen LogP) is 0.890. The third-order valence-corrected chi connectivity index (χ3v) is 1.53. The van der Waals surface area contributed by atoms with Crippen molar-refractivity contribution in [1.29, 1.82) is 0 Å². The highest BCUT2D eigenvalue weighted by Crippen LogP contribution is 2.21. The van der Waals surface area contributed by atoms with Gasteiger partial charge in [0.1, 0.15) is 5.78 Å². The minimum Gasteiger partial charge on any atom is -0.390 e. The Morgan fingerprint density at radius 3 is 2.75 bits per heavy atom. The molecule has 0 aromatic carbocycles. The maximum absolute atomic E-state index is 10.6. The molecular weight excluding hydrogens is 104 g/mol. The van der Waals surface area contributed by atoms with Crippen LogP contribution in [0, 0.1) is 12.5 Å². The van der Waals surface area contributed by atoms with Crippen LogP contribution in [0.15, 0.2) is 0 Å². The van der Waals surface area contributed by atoms with Crippen LogP contribution in [0.5, 0.6) is 0 Å². The molecular formula is C6H9O2. The van der Waals surface area contributed by atoms with Gasteiger partial charge in [-0.3, -0.25) is 4.79 Å². The van der Waals surface area contributed by atoms with Gasteiger partial charge < -0.3 is 5.11 Å². The third kappa shape index (κ3) is 0.892. The molecule has 45 valence electrons. The summed E-state index contributed by atoms with van der Waals surface area (Å²) < 4.78 is 0. The number of ketones is 1. The van der Waals surface area contributed by atoms with Gasteiger partial charge in [0.2, 0.25) is 0 Å². The largest absolute Gasteiger partial charge is 0.390 e. The van der Waals surface area contributed by atoms with Crippen LogP contribution >= 0.6 is 0 Å². The highest BCUT2D eigenvalue weighted by atomic mass is 16.3. The Labute approximate surface area is 48.5 Å². The van der Waals surface area contributed by atoms with E-state index in [9.17, 15) is 4.79 Å². The van der Waals surface area contributed by atoms with Crippen molar-refractivity contribution in [3.05, 3.63) is 6.61 Å². The summed E-state index contributed by atoms with van der Waals surface area (Å²) in [6.45, 7) is 1.01. The molecule has 1 unspecified atom stereocenters. The SMILES string of the molecule is O=C1CCCC1[CH]O. The van der Waals surface area contributed by atoms with E-state index in [2.05, 4.69) is 0 Å². The predicted molar refractivity (Wildman–Crippen MR) is 28.6 cm³/mol. The van der Waals surface area contributed by atoms with Gasteiger partial charge in [0.05, 0.1) is 6.61 Å². The van der Waals surface area contributed by atoms with E-state index in [4.69, 9.17) is 5.11 Å². The summed E-state index contributed by atoms with van der Waals surface area (Å²) in [5, 5.41) is 8.39. The second-order valence-corrected chi connectivity index (χ2v) is 2.11. The third-order valence-electron chi connectivity index (χ3n) is 1.53. The van der Waals surface area contributed by atoms with Crippen molar-refractivity contribution in [2.24, 2.45) is 5.92 Å². The van der Waals surface area contributed by atoms with Crippen LogP contribution in [-0.2, 0) is 4.79 Å². The number of hydrogen-bond acceptors (Lipinski definition) is 2. The molecule has 2 nitrogen and oxygen atoms in total. The Morgan fingerprint density at radius 2 is 2.50 bits per heavy atom. The number of aliphatic hydroxyl groups excluding tert-OH is 1. The van der Waals surface area contributed by atoms with Crippen LogP contribution in [0.1, 0.15) is 19.3 Å². The summed E-state index contributed by atoms with van der Waals surface area (Å²) in [4.78, 5) is 10.6. The first kappa shape index (κ1) is 5.76. The lowest BCUT2D eigenvalue weighted by Gasteiger charge is -1.97. The van der Waals surface area contributed by atoms with E-state index in [1.807, 2.05) is 0 Å². The molecule has 1 aliphatic rings. The van der Waals surface area contributed by atoms with Gasteiger partial charge in [-0.2, -0.15) is 0 Å². The molecule has 0 aromatic heterocycles. The zero-order valence-corrected chi connectivity index (χ0v) is 4.63. The van der Waals surface area contributed by atoms with Crippen LogP contribution < -0.4 is 0 Å². The number of Topliss-reactive ketones (excluding diaryl/α,β-unsaturated/α-hetero) is 1. The minimum absolute atomic E-state index is 0.144. The van der Waals surface area contributed by atoms with Crippen molar-refractivity contribution in [3.63, 3.8) is 0 Å². The highest BCUT2D eigenvalue weighted by Gasteiger charge is 2.23. The molecule has 0 spiro atoms. The van der Waals surface area contributed by atoms with Gasteiger partial charge >= 0.3 is 0 Å². The van der Waals surface area contributed by atoms with Gasteiger partial charge in [-0.25, -0.2) is 0 Å². The average Bonchev–Trinajstić information content (AvgIpc) is 2.14. The number of hydrogen-bond donors (Lipinski definition) is 1. The van der Waals surface area contributed by atoms with Gasteiger partial charge in [0, 0.05) is 12.3 Å². The zero-order chi connectivity index (χ0) is 5.98. The monoisotopic (exact) mass is 113 g/mol. The first-order chi connectivity index (χ1) is 3.84. The quantitative estimate of drug-likeness (QED) is 0.548. The molecule has 1 N–H and O–H groups in total. The normalized spacial score (nSPS) is 29.1. The fourth-order valence-corrected chi connectivity index (χ4v) is 1.00. The number of carbonyl (C=O) groups excluding carboxylic acids is 1. The van der Waals surface area contributed by atoms with Gasteiger partial charge in [0.25, 0.3) is 0 Å². The molecule has 0 amide bonds. The smallest absolute Gasteiger partial charge is 0.138 e. The molecule has 1 atom stereocenters. The molecule has 0 aliphatic heterocycles. The molecule has 1 fully saturated rings. The zero-order valence-electron chi connectivity index (χ0n) is 4.63. The van der Waals surface area contributed by atoms with E-state index in [0.717, 1.165) is 19.4 Å². The highest BCUT2D eigenvalue weighted by molar-refractivity contribution is 5.83. The summed E-state index contributed by atoms with van der Waals surface area (Å²) >= 11 is 0. The number of rotatable bonds is 1. The van der Waals surface area contributed by atoms with Gasteiger partial charge in [0.15, 0.2) is 0 Å². The van der Waals surface area contributed by atoms with E-state index >= 15 is 0 Å². The Balaban J connectivity index is 2.42. The minimum atomic E-state index is -0.144. The van der Waals surface area contributed by atoms with Crippen molar-refractivity contribution >= 4 is 5.78 Å². The molecule has 0 saturated heterocycles. The molecule has 0 heterocycles. The lowest BCUT2D eigenvalue weighted by molar-refractivity contribution is -0.120. The maximum atomic E-state index is 10.6. The Bertz CT molecular complexity index is 98.7. The van der Waals surface area contributed by atoms with Crippen molar-refractivity contribution in [2.75, 3.05) is 0 Å². The number of aliphatic hydroxyl groups is 1. The van der Waals surface area contributed by atoms with E-state index < -0.39 is 0 Å². The topological polar surface area (TPSA) is 37.3 Å². The molecule has 1 saturated carbocycles. The molecule has 8 heavy (non-hydrogen) atoms. The van der Waals surface area contributed by atoms with Gasteiger partial charge in [-0.1, -0.05) is 0 Å². The van der Waals surface area contributed by atoms with Crippen LogP contribution in [0.2, 0.25) is 0 Å². The van der Waals surface area contributed by atoms with Crippen molar-refractivity contribution in [1.82, 2.24) is 0 Å². The fraction of sp³-hybridized carbons (Fsp3) is 0.667. The lowest BCUT2D eigenvalue weighted by Crippen LogP contribution is -2.05. The first-order valence-corrected chi connectivity index (χ1v) is 2.85. The Kier molecular flexibility index (Phi) is 1.63. The molecule has 0 bridgehead atoms. The van der Waals surface area contributed by atoms with Crippen LogP contribution in [-0.4, -0.2) is 10.9 Å². The standard InChI is InChI=1S/C6H9O2/c7-4-5-2-1-3-6(5)8/h4-5,7H,1-3H2. The Hall–Kier alpha value is -0.370. The maximum Gasteiger partial charge on any atom is 0.138 e. The second kappa shape index (κ2) is 2.27. The van der Waals surface area contributed by atoms with Crippen molar-refractivity contribution in [3.8, 4) is 0 Å². The summed E-state index contributed by atoms with van der Waals surface area (Å²) in [7, 11) is 0. The molecule has 1 aliphatic carbocycles. The van der Waals surface area contributed by atoms with E-state index in [1.165, 1.54) is 0 Å². The van der Waals surface area contributed by atoms with E-state index in [-0.39, 0.29) is 11.7 Å².